The molecule has 1 aliphatic rings. The molecule has 1 N–H and O–H groups in total. The maximum Gasteiger partial charge on any atom is 0.251 e. The summed E-state index contributed by atoms with van der Waals surface area (Å²) in [6.07, 6.45) is 1.47. The van der Waals surface area contributed by atoms with Gasteiger partial charge in [-0.05, 0) is 78.6 Å². The van der Waals surface area contributed by atoms with Crippen LogP contribution in [0.3, 0.4) is 0 Å². The predicted octanol–water partition coefficient (Wildman–Crippen LogP) is 6.09. The average molecular weight is 635 g/mol. The van der Waals surface area contributed by atoms with Crippen LogP contribution in [0.1, 0.15) is 38.4 Å². The van der Waals surface area contributed by atoms with Gasteiger partial charge >= 0.3 is 0 Å². The molecule has 0 saturated carbocycles. The first-order valence-corrected chi connectivity index (χ1v) is 14.7. The quantitative estimate of drug-likeness (QED) is 0.139. The molecule has 1 aliphatic heterocycles. The molecule has 234 valence electrons. The fourth-order valence-electron chi connectivity index (χ4n) is 4.76. The molecule has 9 nitrogen and oxygen atoms in total. The lowest BCUT2D eigenvalue weighted by atomic mass is 10.00. The first-order chi connectivity index (χ1) is 21.9. The zero-order valence-corrected chi connectivity index (χ0v) is 25.6. The Morgan fingerprint density at radius 3 is 2.56 bits per heavy atom. The summed E-state index contributed by atoms with van der Waals surface area (Å²) in [4.78, 5) is 30.6. The normalized spacial score (nSPS) is 12.1. The van der Waals surface area contributed by atoms with Gasteiger partial charge in [0.05, 0.1) is 45.6 Å². The second kappa shape index (κ2) is 14.9. The zero-order valence-electron chi connectivity index (χ0n) is 24.9. The third-order valence-electron chi connectivity index (χ3n) is 7.11. The molecule has 1 aromatic heterocycles. The lowest BCUT2D eigenvalue weighted by Crippen LogP contribution is -2.30. The number of methoxy groups -OCH3 is 2. The number of carbonyl (C=O) groups excluding carboxylic acids is 2. The summed E-state index contributed by atoms with van der Waals surface area (Å²) < 4.78 is 41.7. The number of halogens is 2. The number of rotatable bonds is 13. The Bertz CT molecular complexity index is 1680. The van der Waals surface area contributed by atoms with Crippen molar-refractivity contribution < 1.29 is 37.7 Å². The molecule has 0 bridgehead atoms. The molecule has 2 heterocycles. The standard InChI is InChI=1S/C34H32ClFN2O7/c1-41-25-9-5-21(6-10-25)20-43-14-15-44-30-12-8-24(18-31(30)42-2)34(40)37-19-29(39)28-17-23-4-3-13-45-33(23)32(38-28)22-7-11-27(36)26(35)16-22/h5-12,16-18H,3-4,13-15,19-20H2,1-2H3,(H,37,40). The van der Waals surface area contributed by atoms with Gasteiger partial charge in [-0.25, -0.2) is 9.37 Å². The SMILES string of the molecule is COc1ccc(COCCOc2ccc(C(=O)NCC(=O)c3cc4c(c(-c5ccc(F)c(Cl)c5)n3)OCCC4)cc2OC)cc1. The van der Waals surface area contributed by atoms with E-state index in [1.165, 1.54) is 31.4 Å². The molecule has 0 radical (unpaired) electrons. The molecule has 45 heavy (non-hydrogen) atoms. The topological polar surface area (TPSA) is 105 Å². The van der Waals surface area contributed by atoms with E-state index in [9.17, 15) is 14.0 Å². The van der Waals surface area contributed by atoms with Crippen LogP contribution in [0.5, 0.6) is 23.0 Å². The van der Waals surface area contributed by atoms with Gasteiger partial charge in [-0.2, -0.15) is 0 Å². The van der Waals surface area contributed by atoms with Gasteiger partial charge in [0.2, 0.25) is 0 Å². The van der Waals surface area contributed by atoms with E-state index in [0.29, 0.717) is 54.7 Å². The molecule has 3 aromatic carbocycles. The summed E-state index contributed by atoms with van der Waals surface area (Å²) in [6, 6.07) is 18.3. The number of ketones is 1. The lowest BCUT2D eigenvalue weighted by molar-refractivity contribution is 0.0877. The van der Waals surface area contributed by atoms with Gasteiger partial charge in [-0.3, -0.25) is 9.59 Å². The molecule has 0 atom stereocenters. The van der Waals surface area contributed by atoms with Crippen LogP contribution < -0.4 is 24.3 Å². The lowest BCUT2D eigenvalue weighted by Gasteiger charge is -2.21. The van der Waals surface area contributed by atoms with Crippen LogP contribution in [0.4, 0.5) is 4.39 Å². The Labute approximate surface area is 265 Å². The van der Waals surface area contributed by atoms with Gasteiger partial charge in [-0.1, -0.05) is 23.7 Å². The summed E-state index contributed by atoms with van der Waals surface area (Å²) in [6.45, 7) is 1.27. The molecule has 11 heteroatoms. The maximum absolute atomic E-state index is 13.8. The Balaban J connectivity index is 1.18. The second-order valence-electron chi connectivity index (χ2n) is 10.1. The van der Waals surface area contributed by atoms with Crippen LogP contribution in [0.2, 0.25) is 5.02 Å². The molecular formula is C34H32ClFN2O7. The van der Waals surface area contributed by atoms with Crippen molar-refractivity contribution in [2.45, 2.75) is 19.4 Å². The Morgan fingerprint density at radius 2 is 1.80 bits per heavy atom. The van der Waals surface area contributed by atoms with Crippen LogP contribution >= 0.6 is 11.6 Å². The number of nitrogens with zero attached hydrogens (tertiary/aromatic N) is 1. The highest BCUT2D eigenvalue weighted by atomic mass is 35.5. The molecule has 0 fully saturated rings. The van der Waals surface area contributed by atoms with E-state index < -0.39 is 17.5 Å². The van der Waals surface area contributed by atoms with Gasteiger partial charge in [0.15, 0.2) is 17.3 Å². The summed E-state index contributed by atoms with van der Waals surface area (Å²) in [5.41, 5.74) is 3.19. The molecule has 0 saturated heterocycles. The van der Waals surface area contributed by atoms with Crippen molar-refractivity contribution in [3.8, 4) is 34.3 Å². The van der Waals surface area contributed by atoms with Gasteiger partial charge in [0, 0.05) is 11.1 Å². The van der Waals surface area contributed by atoms with Crippen molar-refractivity contribution in [2.75, 3.05) is 40.6 Å². The average Bonchev–Trinajstić information content (AvgIpc) is 3.07. The number of Topliss-reactive ketones (excluding diaryl/α,β-unsaturated/α-hetero) is 1. The Morgan fingerprint density at radius 1 is 0.978 bits per heavy atom. The molecule has 4 aromatic rings. The summed E-state index contributed by atoms with van der Waals surface area (Å²) in [7, 11) is 3.10. The maximum atomic E-state index is 13.8. The molecule has 1 amide bonds. The van der Waals surface area contributed by atoms with Crippen LogP contribution in [-0.2, 0) is 17.8 Å². The van der Waals surface area contributed by atoms with E-state index in [1.807, 2.05) is 24.3 Å². The third kappa shape index (κ3) is 7.89. The van der Waals surface area contributed by atoms with Crippen LogP contribution in [0.25, 0.3) is 11.3 Å². The minimum Gasteiger partial charge on any atom is -0.497 e. The number of fused-ring (bicyclic) bond motifs is 1. The van der Waals surface area contributed by atoms with Gasteiger partial charge in [0.25, 0.3) is 5.91 Å². The van der Waals surface area contributed by atoms with Gasteiger partial charge in [0.1, 0.15) is 35.3 Å². The number of pyridine rings is 1. The van der Waals surface area contributed by atoms with Gasteiger partial charge < -0.3 is 29.0 Å². The molecule has 0 aliphatic carbocycles. The first-order valence-electron chi connectivity index (χ1n) is 14.3. The number of hydrogen-bond donors (Lipinski definition) is 1. The van der Waals surface area contributed by atoms with E-state index in [1.54, 1.807) is 25.3 Å². The fourth-order valence-corrected chi connectivity index (χ4v) is 4.94. The molecule has 0 spiro atoms. The minimum absolute atomic E-state index is 0.0623. The van der Waals surface area contributed by atoms with Crippen molar-refractivity contribution in [2.24, 2.45) is 0 Å². The molecular weight excluding hydrogens is 603 g/mol. The fraction of sp³-hybridized carbons (Fsp3) is 0.265. The highest BCUT2D eigenvalue weighted by Crippen LogP contribution is 2.37. The van der Waals surface area contributed by atoms with Crippen LogP contribution in [0, 0.1) is 5.82 Å². The minimum atomic E-state index is -0.559. The molecule has 0 unspecified atom stereocenters. The second-order valence-corrected chi connectivity index (χ2v) is 10.6. The van der Waals surface area contributed by atoms with Gasteiger partial charge in [-0.15, -0.1) is 0 Å². The Hall–Kier alpha value is -4.67. The molecule has 5 rings (SSSR count). The monoisotopic (exact) mass is 634 g/mol. The highest BCUT2D eigenvalue weighted by Gasteiger charge is 2.23. The smallest absolute Gasteiger partial charge is 0.251 e. The van der Waals surface area contributed by atoms with Crippen molar-refractivity contribution in [3.05, 3.63) is 100.0 Å². The van der Waals surface area contributed by atoms with Crippen LogP contribution in [-0.4, -0.2) is 57.3 Å². The summed E-state index contributed by atoms with van der Waals surface area (Å²) in [5, 5.41) is 2.59. The number of aromatic nitrogens is 1. The van der Waals surface area contributed by atoms with Crippen molar-refractivity contribution in [3.63, 3.8) is 0 Å². The van der Waals surface area contributed by atoms with E-state index in [2.05, 4.69) is 10.3 Å². The largest absolute Gasteiger partial charge is 0.497 e. The third-order valence-corrected chi connectivity index (χ3v) is 7.40. The number of aryl methyl sites for hydroxylation is 1. The van der Waals surface area contributed by atoms with E-state index in [-0.39, 0.29) is 29.4 Å². The van der Waals surface area contributed by atoms with Crippen molar-refractivity contribution in [1.82, 2.24) is 10.3 Å². The summed E-state index contributed by atoms with van der Waals surface area (Å²) >= 11 is 6.01. The number of ether oxygens (including phenoxy) is 5. The van der Waals surface area contributed by atoms with E-state index in [4.69, 9.17) is 35.3 Å². The highest BCUT2D eigenvalue weighted by molar-refractivity contribution is 6.31. The van der Waals surface area contributed by atoms with Crippen molar-refractivity contribution >= 4 is 23.3 Å². The van der Waals surface area contributed by atoms with Crippen LogP contribution in [0.15, 0.2) is 66.7 Å². The predicted molar refractivity (Wildman–Crippen MR) is 166 cm³/mol. The summed E-state index contributed by atoms with van der Waals surface area (Å²) in [5.74, 6) is 0.715. The Kier molecular flexibility index (Phi) is 10.5. The zero-order chi connectivity index (χ0) is 31.8. The number of hydrogen-bond acceptors (Lipinski definition) is 8. The first kappa shape index (κ1) is 31.7. The van der Waals surface area contributed by atoms with Crippen molar-refractivity contribution in [1.29, 1.82) is 0 Å². The number of amides is 1. The number of carbonyl (C=O) groups is 2. The number of benzene rings is 3. The number of nitrogens with one attached hydrogen (secondary N) is 1. The van der Waals surface area contributed by atoms with E-state index in [0.717, 1.165) is 23.3 Å². The van der Waals surface area contributed by atoms with E-state index >= 15 is 0 Å².